The number of hydrogen-bond donors (Lipinski definition) is 1. The summed E-state index contributed by atoms with van der Waals surface area (Å²) in [5.41, 5.74) is 2.00. The van der Waals surface area contributed by atoms with Gasteiger partial charge in [0.2, 0.25) is 19.9 Å². The Bertz CT molecular complexity index is 1300. The zero-order valence-electron chi connectivity index (χ0n) is 16.9. The average Bonchev–Trinajstić information content (AvgIpc) is 2.70. The minimum atomic E-state index is -3.96. The molecule has 0 fully saturated rings. The zero-order chi connectivity index (χ0) is 22.8. The van der Waals surface area contributed by atoms with Crippen LogP contribution in [0.25, 0.3) is 0 Å². The number of sulfonamides is 1. The van der Waals surface area contributed by atoms with Gasteiger partial charge in [-0.15, -0.1) is 0 Å². The van der Waals surface area contributed by atoms with Gasteiger partial charge in [0.05, 0.1) is 14.7 Å². The summed E-state index contributed by atoms with van der Waals surface area (Å²) in [7, 11) is -7.82. The Kier molecular flexibility index (Phi) is 7.13. The van der Waals surface area contributed by atoms with Gasteiger partial charge >= 0.3 is 0 Å². The van der Waals surface area contributed by atoms with Gasteiger partial charge in [0.1, 0.15) is 0 Å². The van der Waals surface area contributed by atoms with E-state index < -0.39 is 19.9 Å². The van der Waals surface area contributed by atoms with Crippen LogP contribution >= 0.6 is 23.2 Å². The van der Waals surface area contributed by atoms with Crippen molar-refractivity contribution in [3.05, 3.63) is 87.4 Å². The van der Waals surface area contributed by atoms with Crippen molar-refractivity contribution in [3.8, 4) is 0 Å². The lowest BCUT2D eigenvalue weighted by Crippen LogP contribution is -2.27. The number of halogens is 2. The molecule has 0 unspecified atom stereocenters. The fourth-order valence-electron chi connectivity index (χ4n) is 3.05. The molecule has 0 saturated heterocycles. The van der Waals surface area contributed by atoms with Crippen molar-refractivity contribution in [2.45, 2.75) is 35.0 Å². The molecule has 0 aliphatic rings. The molecule has 0 atom stereocenters. The first-order valence-corrected chi connectivity index (χ1v) is 13.1. The zero-order valence-corrected chi connectivity index (χ0v) is 20.0. The van der Waals surface area contributed by atoms with E-state index in [1.165, 1.54) is 30.3 Å². The molecule has 164 valence electrons. The van der Waals surface area contributed by atoms with Gasteiger partial charge in [-0.3, -0.25) is 0 Å². The summed E-state index contributed by atoms with van der Waals surface area (Å²) in [4.78, 5) is -0.0750. The standard InChI is InChI=1S/C22H21Cl2NO4S2/c1-15-6-9-17(10-7-15)30(26,27)18-11-8-16(2)22(14-18)31(28,29)25-13-12-19-20(23)4-3-5-21(19)24/h3-11,14,25H,12-13H2,1-2H3. The maximum Gasteiger partial charge on any atom is 0.240 e. The summed E-state index contributed by atoms with van der Waals surface area (Å²) in [6.07, 6.45) is 0.290. The Morgan fingerprint density at radius 1 is 0.806 bits per heavy atom. The number of sulfone groups is 1. The van der Waals surface area contributed by atoms with Crippen molar-refractivity contribution in [1.29, 1.82) is 0 Å². The Labute approximate surface area is 193 Å². The summed E-state index contributed by atoms with van der Waals surface area (Å²) in [6, 6.07) is 15.6. The van der Waals surface area contributed by atoms with E-state index in [0.717, 1.165) is 5.56 Å². The van der Waals surface area contributed by atoms with Gasteiger partial charge in [0.15, 0.2) is 0 Å². The predicted molar refractivity (Wildman–Crippen MR) is 123 cm³/mol. The second-order valence-electron chi connectivity index (χ2n) is 7.09. The van der Waals surface area contributed by atoms with Crippen LogP contribution in [0.5, 0.6) is 0 Å². The lowest BCUT2D eigenvalue weighted by Gasteiger charge is -2.13. The van der Waals surface area contributed by atoms with Crippen molar-refractivity contribution in [1.82, 2.24) is 4.72 Å². The van der Waals surface area contributed by atoms with Gasteiger partial charge in [0.25, 0.3) is 0 Å². The van der Waals surface area contributed by atoms with Crippen LogP contribution in [0.4, 0.5) is 0 Å². The molecule has 0 amide bonds. The number of aryl methyl sites for hydroxylation is 2. The van der Waals surface area contributed by atoms with E-state index >= 15 is 0 Å². The first-order valence-electron chi connectivity index (χ1n) is 9.37. The lowest BCUT2D eigenvalue weighted by atomic mass is 10.1. The summed E-state index contributed by atoms with van der Waals surface area (Å²) in [5, 5.41) is 0.906. The Balaban J connectivity index is 1.87. The summed E-state index contributed by atoms with van der Waals surface area (Å²) in [5.74, 6) is 0. The van der Waals surface area contributed by atoms with Crippen molar-refractivity contribution in [2.75, 3.05) is 6.54 Å². The van der Waals surface area contributed by atoms with Crippen molar-refractivity contribution in [3.63, 3.8) is 0 Å². The third-order valence-corrected chi connectivity index (χ3v) is 8.90. The molecule has 0 radical (unpaired) electrons. The summed E-state index contributed by atoms with van der Waals surface area (Å²) >= 11 is 12.3. The number of nitrogens with one attached hydrogen (secondary N) is 1. The van der Waals surface area contributed by atoms with Gasteiger partial charge in [-0.05, 0) is 67.8 Å². The maximum absolute atomic E-state index is 13.0. The van der Waals surface area contributed by atoms with Gasteiger partial charge < -0.3 is 0 Å². The third-order valence-electron chi connectivity index (χ3n) is 4.82. The lowest BCUT2D eigenvalue weighted by molar-refractivity contribution is 0.580. The first-order chi connectivity index (χ1) is 14.5. The fraction of sp³-hybridized carbons (Fsp3) is 0.182. The largest absolute Gasteiger partial charge is 0.240 e. The molecule has 0 spiro atoms. The van der Waals surface area contributed by atoms with Gasteiger partial charge in [-0.1, -0.05) is 53.0 Å². The number of hydrogen-bond acceptors (Lipinski definition) is 4. The molecule has 3 aromatic rings. The molecule has 5 nitrogen and oxygen atoms in total. The second-order valence-corrected chi connectivity index (χ2v) is 11.6. The fourth-order valence-corrected chi connectivity index (χ4v) is 6.30. The first kappa shape index (κ1) is 23.8. The van der Waals surface area contributed by atoms with E-state index in [9.17, 15) is 16.8 Å². The van der Waals surface area contributed by atoms with E-state index in [1.807, 2.05) is 6.92 Å². The van der Waals surface area contributed by atoms with Crippen molar-refractivity contribution >= 4 is 43.1 Å². The molecule has 0 aromatic heterocycles. The van der Waals surface area contributed by atoms with E-state index in [-0.39, 0.29) is 27.7 Å². The van der Waals surface area contributed by atoms with E-state index in [4.69, 9.17) is 23.2 Å². The highest BCUT2D eigenvalue weighted by molar-refractivity contribution is 7.91. The van der Waals surface area contributed by atoms with Crippen LogP contribution in [-0.4, -0.2) is 23.4 Å². The number of benzene rings is 3. The highest BCUT2D eigenvalue weighted by Gasteiger charge is 2.23. The molecule has 0 aliphatic carbocycles. The molecular formula is C22H21Cl2NO4S2. The highest BCUT2D eigenvalue weighted by atomic mass is 35.5. The normalized spacial score (nSPS) is 12.1. The molecule has 3 aromatic carbocycles. The SMILES string of the molecule is Cc1ccc(S(=O)(=O)c2ccc(C)c(S(=O)(=O)NCCc3c(Cl)cccc3Cl)c2)cc1. The Morgan fingerprint density at radius 3 is 2.00 bits per heavy atom. The average molecular weight is 498 g/mol. The van der Waals surface area contributed by atoms with Crippen LogP contribution in [0.2, 0.25) is 10.0 Å². The van der Waals surface area contributed by atoms with E-state index in [2.05, 4.69) is 4.72 Å². The Hall–Kier alpha value is -1.90. The summed E-state index contributed by atoms with van der Waals surface area (Å²) in [6.45, 7) is 3.52. The van der Waals surface area contributed by atoms with E-state index in [1.54, 1.807) is 37.3 Å². The van der Waals surface area contributed by atoms with Crippen LogP contribution in [0.15, 0.2) is 75.4 Å². The van der Waals surface area contributed by atoms with Crippen LogP contribution in [0.3, 0.4) is 0 Å². The molecule has 0 bridgehead atoms. The van der Waals surface area contributed by atoms with E-state index in [0.29, 0.717) is 21.2 Å². The quantitative estimate of drug-likeness (QED) is 0.499. The molecule has 3 rings (SSSR count). The highest BCUT2D eigenvalue weighted by Crippen LogP contribution is 2.27. The Morgan fingerprint density at radius 2 is 1.39 bits per heavy atom. The van der Waals surface area contributed by atoms with Gasteiger partial charge in [-0.25, -0.2) is 21.6 Å². The van der Waals surface area contributed by atoms with Crippen molar-refractivity contribution < 1.29 is 16.8 Å². The molecule has 31 heavy (non-hydrogen) atoms. The second kappa shape index (κ2) is 9.30. The smallest absolute Gasteiger partial charge is 0.219 e. The van der Waals surface area contributed by atoms with Crippen LogP contribution in [0.1, 0.15) is 16.7 Å². The molecule has 0 heterocycles. The minimum absolute atomic E-state index is 0.0557. The van der Waals surface area contributed by atoms with Gasteiger partial charge in [0, 0.05) is 16.6 Å². The molecule has 0 aliphatic heterocycles. The minimum Gasteiger partial charge on any atom is -0.219 e. The molecule has 9 heteroatoms. The van der Waals surface area contributed by atoms with Crippen LogP contribution in [0, 0.1) is 13.8 Å². The molecule has 0 saturated carbocycles. The van der Waals surface area contributed by atoms with Gasteiger partial charge in [-0.2, -0.15) is 0 Å². The predicted octanol–water partition coefficient (Wildman–Crippen LogP) is 4.96. The monoisotopic (exact) mass is 497 g/mol. The van der Waals surface area contributed by atoms with Crippen LogP contribution in [-0.2, 0) is 26.3 Å². The third kappa shape index (κ3) is 5.30. The van der Waals surface area contributed by atoms with Crippen LogP contribution < -0.4 is 4.72 Å². The maximum atomic E-state index is 13.0. The van der Waals surface area contributed by atoms with Crippen molar-refractivity contribution in [2.24, 2.45) is 0 Å². The summed E-state index contributed by atoms with van der Waals surface area (Å²) < 4.78 is 54.2. The number of rotatable bonds is 7. The molecular weight excluding hydrogens is 477 g/mol. The molecule has 1 N–H and O–H groups in total. The topological polar surface area (TPSA) is 80.3 Å².